The minimum Gasteiger partial charge on any atom is -0.394 e. The van der Waals surface area contributed by atoms with Crippen molar-refractivity contribution in [3.63, 3.8) is 0 Å². The molecule has 1 saturated heterocycles. The van der Waals surface area contributed by atoms with Crippen LogP contribution in [0.3, 0.4) is 0 Å². The first-order valence-corrected chi connectivity index (χ1v) is 10.4. The average Bonchev–Trinajstić information content (AvgIpc) is 2.79. The van der Waals surface area contributed by atoms with Crippen LogP contribution in [0, 0.1) is 0 Å². The number of hydrogen-bond donors (Lipinski definition) is 4. The highest BCUT2D eigenvalue weighted by Gasteiger charge is 2.33. The van der Waals surface area contributed by atoms with Gasteiger partial charge in [-0.1, -0.05) is 6.07 Å². The van der Waals surface area contributed by atoms with E-state index in [0.29, 0.717) is 19.4 Å². The monoisotopic (exact) mass is 466 g/mol. The van der Waals surface area contributed by atoms with Gasteiger partial charge in [-0.3, -0.25) is 9.78 Å². The van der Waals surface area contributed by atoms with Gasteiger partial charge in [0.15, 0.2) is 0 Å². The van der Waals surface area contributed by atoms with Crippen molar-refractivity contribution in [1.82, 2.24) is 15.6 Å². The number of nitrogens with zero attached hydrogens (tertiary/aromatic N) is 1. The van der Waals surface area contributed by atoms with Crippen molar-refractivity contribution in [2.75, 3.05) is 11.9 Å². The van der Waals surface area contributed by atoms with E-state index >= 15 is 0 Å². The number of nitrogens with one attached hydrogen (secondary N) is 3. The molecule has 0 saturated carbocycles. The first-order valence-electron chi connectivity index (χ1n) is 10.4. The fourth-order valence-corrected chi connectivity index (χ4v) is 3.50. The number of pyridine rings is 1. The zero-order chi connectivity index (χ0) is 23.8. The maximum atomic E-state index is 12.6. The number of aromatic nitrogens is 1. The number of hydrogen-bond acceptors (Lipinski definition) is 5. The van der Waals surface area contributed by atoms with Crippen molar-refractivity contribution in [1.29, 1.82) is 0 Å². The minimum atomic E-state index is -4.46. The number of carbonyl (C=O) groups excluding carboxylic acids is 2. The molecule has 2 aromatic rings. The lowest BCUT2D eigenvalue weighted by atomic mass is 9.97. The normalized spacial score (nSPS) is 20.7. The second-order valence-electron chi connectivity index (χ2n) is 7.64. The molecular weight excluding hydrogens is 441 g/mol. The summed E-state index contributed by atoms with van der Waals surface area (Å²) < 4.78 is 43.7. The number of benzene rings is 1. The summed E-state index contributed by atoms with van der Waals surface area (Å²) in [5.74, 6) is -0.214. The van der Waals surface area contributed by atoms with E-state index in [9.17, 15) is 27.9 Å². The van der Waals surface area contributed by atoms with E-state index in [4.69, 9.17) is 4.74 Å². The van der Waals surface area contributed by atoms with Crippen molar-refractivity contribution in [3.05, 3.63) is 59.9 Å². The zero-order valence-corrected chi connectivity index (χ0v) is 17.6. The second kappa shape index (κ2) is 11.1. The molecule has 3 rings (SSSR count). The number of carbonyl (C=O) groups is 2. The highest BCUT2D eigenvalue weighted by atomic mass is 19.4. The Kier molecular flexibility index (Phi) is 8.23. The van der Waals surface area contributed by atoms with Gasteiger partial charge >= 0.3 is 12.2 Å². The van der Waals surface area contributed by atoms with Gasteiger partial charge in [0, 0.05) is 11.9 Å². The highest BCUT2D eigenvalue weighted by molar-refractivity contribution is 5.89. The standard InChI is InChI=1S/C22H25F3N4O4/c23-22(24,25)14-4-6-15(7-5-14)28-21(32)29-18-9-8-17(33-19(18)13-30)11-20(31)27-12-16-3-1-2-10-26-16/h1-7,10,17-19,30H,8-9,11-13H2,(H,27,31)(H2,28,29,32)/t17-,18+,19+/m1/s1. The first kappa shape index (κ1) is 24.5. The number of anilines is 1. The summed E-state index contributed by atoms with van der Waals surface area (Å²) in [6.07, 6.45) is -2.90. The van der Waals surface area contributed by atoms with E-state index < -0.39 is 36.0 Å². The Hall–Kier alpha value is -3.18. The summed E-state index contributed by atoms with van der Waals surface area (Å²) in [7, 11) is 0. The number of urea groups is 1. The molecule has 1 aromatic heterocycles. The van der Waals surface area contributed by atoms with Gasteiger partial charge in [0.05, 0.1) is 43.0 Å². The SMILES string of the molecule is O=C(C[C@H]1CC[C@H](NC(=O)Nc2ccc(C(F)(F)F)cc2)[C@H](CO)O1)NCc1ccccn1. The fourth-order valence-electron chi connectivity index (χ4n) is 3.50. The van der Waals surface area contributed by atoms with Crippen LogP contribution in [0.25, 0.3) is 0 Å². The van der Waals surface area contributed by atoms with Gasteiger partial charge in [-0.15, -0.1) is 0 Å². The topological polar surface area (TPSA) is 113 Å². The fraction of sp³-hybridized carbons (Fsp3) is 0.409. The molecule has 2 heterocycles. The smallest absolute Gasteiger partial charge is 0.394 e. The van der Waals surface area contributed by atoms with E-state index in [1.165, 1.54) is 0 Å². The molecule has 0 bridgehead atoms. The van der Waals surface area contributed by atoms with Crippen LogP contribution in [0.4, 0.5) is 23.7 Å². The molecule has 1 aliphatic rings. The van der Waals surface area contributed by atoms with E-state index in [2.05, 4.69) is 20.9 Å². The quantitative estimate of drug-likeness (QED) is 0.501. The lowest BCUT2D eigenvalue weighted by molar-refractivity contribution is -0.137. The van der Waals surface area contributed by atoms with Crippen LogP contribution in [0.2, 0.25) is 0 Å². The van der Waals surface area contributed by atoms with E-state index in [-0.39, 0.29) is 24.6 Å². The van der Waals surface area contributed by atoms with Crippen LogP contribution < -0.4 is 16.0 Å². The third kappa shape index (κ3) is 7.43. The van der Waals surface area contributed by atoms with Crippen LogP contribution in [-0.2, 0) is 22.3 Å². The van der Waals surface area contributed by atoms with Crippen LogP contribution in [0.15, 0.2) is 48.7 Å². The molecule has 1 aromatic carbocycles. The van der Waals surface area contributed by atoms with Gasteiger partial charge < -0.3 is 25.8 Å². The van der Waals surface area contributed by atoms with Gasteiger partial charge in [-0.2, -0.15) is 13.2 Å². The van der Waals surface area contributed by atoms with Crippen molar-refractivity contribution in [3.8, 4) is 0 Å². The van der Waals surface area contributed by atoms with Crippen LogP contribution in [-0.4, -0.2) is 46.9 Å². The Balaban J connectivity index is 1.45. The predicted octanol–water partition coefficient (Wildman–Crippen LogP) is 2.84. The Labute approximate surface area is 188 Å². The summed E-state index contributed by atoms with van der Waals surface area (Å²) in [6.45, 7) is -0.0681. The minimum absolute atomic E-state index is 0.105. The number of aliphatic hydroxyl groups is 1. The molecule has 0 spiro atoms. The molecular formula is C22H25F3N4O4. The van der Waals surface area contributed by atoms with Crippen molar-refractivity contribution in [2.45, 2.75) is 50.2 Å². The second-order valence-corrected chi connectivity index (χ2v) is 7.64. The molecule has 8 nitrogen and oxygen atoms in total. The maximum Gasteiger partial charge on any atom is 0.416 e. The molecule has 3 amide bonds. The zero-order valence-electron chi connectivity index (χ0n) is 17.6. The number of amides is 3. The van der Waals surface area contributed by atoms with Gasteiger partial charge in [-0.05, 0) is 49.2 Å². The molecule has 33 heavy (non-hydrogen) atoms. The Bertz CT molecular complexity index is 925. The average molecular weight is 466 g/mol. The third-order valence-electron chi connectivity index (χ3n) is 5.19. The number of ether oxygens (including phenoxy) is 1. The lowest BCUT2D eigenvalue weighted by Gasteiger charge is -2.35. The van der Waals surface area contributed by atoms with Crippen LogP contribution >= 0.6 is 0 Å². The summed E-state index contributed by atoms with van der Waals surface area (Å²) >= 11 is 0. The molecule has 0 radical (unpaired) electrons. The molecule has 1 aliphatic heterocycles. The highest BCUT2D eigenvalue weighted by Crippen LogP contribution is 2.30. The molecule has 0 unspecified atom stereocenters. The maximum absolute atomic E-state index is 12.6. The van der Waals surface area contributed by atoms with Gasteiger partial charge in [0.1, 0.15) is 6.10 Å². The third-order valence-corrected chi connectivity index (χ3v) is 5.19. The largest absolute Gasteiger partial charge is 0.416 e. The van der Waals surface area contributed by atoms with Gasteiger partial charge in [0.2, 0.25) is 5.91 Å². The van der Waals surface area contributed by atoms with E-state index in [1.807, 2.05) is 6.07 Å². The van der Waals surface area contributed by atoms with Crippen molar-refractivity contribution < 1.29 is 32.6 Å². The van der Waals surface area contributed by atoms with Gasteiger partial charge in [-0.25, -0.2) is 4.79 Å². The number of aliphatic hydroxyl groups excluding tert-OH is 1. The van der Waals surface area contributed by atoms with Crippen molar-refractivity contribution >= 4 is 17.6 Å². The molecule has 0 aliphatic carbocycles. The predicted molar refractivity (Wildman–Crippen MR) is 113 cm³/mol. The lowest BCUT2D eigenvalue weighted by Crippen LogP contribution is -2.52. The Morgan fingerprint density at radius 1 is 1.12 bits per heavy atom. The molecule has 3 atom stereocenters. The Morgan fingerprint density at radius 3 is 2.52 bits per heavy atom. The van der Waals surface area contributed by atoms with E-state index in [1.54, 1.807) is 18.3 Å². The van der Waals surface area contributed by atoms with E-state index in [0.717, 1.165) is 30.0 Å². The van der Waals surface area contributed by atoms with Crippen molar-refractivity contribution in [2.24, 2.45) is 0 Å². The molecule has 178 valence electrons. The van der Waals surface area contributed by atoms with Crippen LogP contribution in [0.5, 0.6) is 0 Å². The summed E-state index contributed by atoms with van der Waals surface area (Å²) in [4.78, 5) is 28.6. The molecule has 4 N–H and O–H groups in total. The van der Waals surface area contributed by atoms with Crippen LogP contribution in [0.1, 0.15) is 30.5 Å². The Morgan fingerprint density at radius 2 is 1.88 bits per heavy atom. The van der Waals surface area contributed by atoms with Gasteiger partial charge in [0.25, 0.3) is 0 Å². The number of alkyl halides is 3. The number of rotatable bonds is 7. The summed E-state index contributed by atoms with van der Waals surface area (Å²) in [5, 5.41) is 17.6. The number of halogens is 3. The molecule has 11 heteroatoms. The molecule has 1 fully saturated rings. The summed E-state index contributed by atoms with van der Waals surface area (Å²) in [5.41, 5.74) is 0.108. The summed E-state index contributed by atoms with van der Waals surface area (Å²) in [6, 6.07) is 8.32. The first-order chi connectivity index (χ1) is 15.7.